The minimum Gasteiger partial charge on any atom is -0.496 e. The van der Waals surface area contributed by atoms with Gasteiger partial charge in [-0.3, -0.25) is 10.1 Å². The monoisotopic (exact) mass is 388 g/mol. The van der Waals surface area contributed by atoms with Crippen LogP contribution in [0.4, 0.5) is 5.13 Å². The number of rotatable bonds is 6. The number of hydrogen-bond donors (Lipinski definition) is 1. The van der Waals surface area contributed by atoms with E-state index in [9.17, 15) is 4.79 Å². The van der Waals surface area contributed by atoms with Gasteiger partial charge < -0.3 is 9.47 Å². The van der Waals surface area contributed by atoms with Crippen molar-refractivity contribution in [1.29, 1.82) is 0 Å². The van der Waals surface area contributed by atoms with Gasteiger partial charge in [-0.1, -0.05) is 35.4 Å². The predicted molar refractivity (Wildman–Crippen MR) is 104 cm³/mol. The van der Waals surface area contributed by atoms with Crippen LogP contribution in [0.5, 0.6) is 11.5 Å². The molecule has 3 rings (SSSR count). The zero-order valence-corrected chi connectivity index (χ0v) is 15.9. The first-order valence-electron chi connectivity index (χ1n) is 7.84. The molecule has 0 aliphatic heterocycles. The second kappa shape index (κ2) is 8.21. The van der Waals surface area contributed by atoms with Crippen molar-refractivity contribution < 1.29 is 14.3 Å². The summed E-state index contributed by atoms with van der Waals surface area (Å²) in [4.78, 5) is 16.6. The van der Waals surface area contributed by atoms with Crippen molar-refractivity contribution in [2.45, 2.75) is 6.92 Å². The highest BCUT2D eigenvalue weighted by Gasteiger charge is 2.12. The van der Waals surface area contributed by atoms with Crippen LogP contribution >= 0.6 is 22.9 Å². The van der Waals surface area contributed by atoms with Gasteiger partial charge >= 0.3 is 0 Å². The molecule has 1 heterocycles. The fraction of sp³-hybridized carbons (Fsp3) is 0.158. The van der Waals surface area contributed by atoms with E-state index in [0.29, 0.717) is 15.9 Å². The Labute approximate surface area is 160 Å². The van der Waals surface area contributed by atoms with Crippen LogP contribution in [-0.4, -0.2) is 24.6 Å². The third kappa shape index (κ3) is 4.33. The number of halogens is 1. The molecule has 0 aliphatic carbocycles. The van der Waals surface area contributed by atoms with Crippen LogP contribution in [-0.2, 0) is 4.79 Å². The molecule has 1 N–H and O–H groups in total. The summed E-state index contributed by atoms with van der Waals surface area (Å²) in [5.74, 6) is 0.900. The molecule has 0 saturated carbocycles. The number of hydrogen-bond acceptors (Lipinski definition) is 5. The Morgan fingerprint density at radius 3 is 2.81 bits per heavy atom. The maximum Gasteiger partial charge on any atom is 0.264 e. The summed E-state index contributed by atoms with van der Waals surface area (Å²) in [6.07, 6.45) is 0. The van der Waals surface area contributed by atoms with Gasteiger partial charge in [-0.05, 0) is 31.2 Å². The summed E-state index contributed by atoms with van der Waals surface area (Å²) in [6.45, 7) is 1.86. The zero-order chi connectivity index (χ0) is 18.5. The van der Waals surface area contributed by atoms with Gasteiger partial charge in [-0.15, -0.1) is 11.3 Å². The van der Waals surface area contributed by atoms with Crippen molar-refractivity contribution in [2.75, 3.05) is 19.0 Å². The Morgan fingerprint density at radius 1 is 1.23 bits per heavy atom. The molecule has 0 spiro atoms. The molecule has 0 unspecified atom stereocenters. The molecule has 0 atom stereocenters. The van der Waals surface area contributed by atoms with E-state index in [1.165, 1.54) is 11.3 Å². The zero-order valence-electron chi connectivity index (χ0n) is 14.3. The quantitative estimate of drug-likeness (QED) is 0.659. The first-order chi connectivity index (χ1) is 12.6. The summed E-state index contributed by atoms with van der Waals surface area (Å²) in [6, 6.07) is 12.9. The largest absolute Gasteiger partial charge is 0.496 e. The van der Waals surface area contributed by atoms with E-state index in [-0.39, 0.29) is 12.5 Å². The summed E-state index contributed by atoms with van der Waals surface area (Å²) in [5, 5.41) is 5.57. The topological polar surface area (TPSA) is 60.5 Å². The number of aromatic nitrogens is 1. The molecule has 1 amide bonds. The van der Waals surface area contributed by atoms with Gasteiger partial charge in [0.25, 0.3) is 5.91 Å². The third-order valence-electron chi connectivity index (χ3n) is 3.58. The fourth-order valence-corrected chi connectivity index (χ4v) is 3.25. The van der Waals surface area contributed by atoms with E-state index in [1.54, 1.807) is 31.4 Å². The third-order valence-corrected chi connectivity index (χ3v) is 4.65. The van der Waals surface area contributed by atoms with Crippen molar-refractivity contribution in [3.63, 3.8) is 0 Å². The highest BCUT2D eigenvalue weighted by Crippen LogP contribution is 2.33. The number of methoxy groups -OCH3 is 1. The van der Waals surface area contributed by atoms with Crippen molar-refractivity contribution in [3.8, 4) is 22.8 Å². The van der Waals surface area contributed by atoms with Gasteiger partial charge in [0, 0.05) is 10.9 Å². The lowest BCUT2D eigenvalue weighted by Gasteiger charge is -2.08. The van der Waals surface area contributed by atoms with E-state index >= 15 is 0 Å². The molecule has 3 aromatic rings. The predicted octanol–water partition coefficient (Wildman–Crippen LogP) is 4.80. The molecule has 2 aromatic carbocycles. The van der Waals surface area contributed by atoms with Crippen molar-refractivity contribution >= 4 is 34.0 Å². The lowest BCUT2D eigenvalue weighted by Crippen LogP contribution is -2.20. The van der Waals surface area contributed by atoms with Crippen LogP contribution < -0.4 is 14.8 Å². The summed E-state index contributed by atoms with van der Waals surface area (Å²) in [5.41, 5.74) is 2.74. The second-order valence-electron chi connectivity index (χ2n) is 5.51. The van der Waals surface area contributed by atoms with Crippen LogP contribution in [0.2, 0.25) is 5.02 Å². The number of thiazole rings is 1. The number of nitrogens with one attached hydrogen (secondary N) is 1. The lowest BCUT2D eigenvalue weighted by molar-refractivity contribution is -0.118. The molecule has 26 heavy (non-hydrogen) atoms. The van der Waals surface area contributed by atoms with Crippen LogP contribution in [0.3, 0.4) is 0 Å². The number of ether oxygens (including phenoxy) is 2. The Morgan fingerprint density at radius 2 is 2.04 bits per heavy atom. The number of carbonyl (C=O) groups is 1. The van der Waals surface area contributed by atoms with E-state index in [0.717, 1.165) is 22.6 Å². The molecule has 0 saturated heterocycles. The minimum atomic E-state index is -0.304. The van der Waals surface area contributed by atoms with Gasteiger partial charge in [0.05, 0.1) is 17.8 Å². The standard InChI is InChI=1S/C19H17ClN2O3S/c1-12-7-8-16(24-2)13(9-12)15-11-26-19(21-15)22-18(23)10-25-17-6-4-3-5-14(17)20/h3-9,11H,10H2,1-2H3,(H,21,22,23). The first kappa shape index (κ1) is 18.2. The molecule has 7 heteroatoms. The highest BCUT2D eigenvalue weighted by molar-refractivity contribution is 7.14. The SMILES string of the molecule is COc1ccc(C)cc1-c1csc(NC(=O)COc2ccccc2Cl)n1. The van der Waals surface area contributed by atoms with E-state index in [2.05, 4.69) is 10.3 Å². The molecule has 1 aromatic heterocycles. The number of para-hydroxylation sites is 1. The number of anilines is 1. The Bertz CT molecular complexity index is 927. The minimum absolute atomic E-state index is 0.146. The number of aryl methyl sites for hydroxylation is 1. The van der Waals surface area contributed by atoms with Crippen molar-refractivity contribution in [1.82, 2.24) is 4.98 Å². The average molecular weight is 389 g/mol. The Balaban J connectivity index is 1.66. The first-order valence-corrected chi connectivity index (χ1v) is 9.10. The van der Waals surface area contributed by atoms with E-state index < -0.39 is 0 Å². The maximum absolute atomic E-state index is 12.1. The van der Waals surface area contributed by atoms with Crippen molar-refractivity contribution in [3.05, 3.63) is 58.4 Å². The van der Waals surface area contributed by atoms with Crippen LogP contribution in [0.15, 0.2) is 47.8 Å². The molecule has 5 nitrogen and oxygen atoms in total. The maximum atomic E-state index is 12.1. The van der Waals surface area contributed by atoms with Gasteiger partial charge in [0.2, 0.25) is 0 Å². The van der Waals surface area contributed by atoms with Gasteiger partial charge in [-0.25, -0.2) is 4.98 Å². The Kier molecular flexibility index (Phi) is 5.75. The Hall–Kier alpha value is -2.57. The number of carbonyl (C=O) groups excluding carboxylic acids is 1. The van der Waals surface area contributed by atoms with Gasteiger partial charge in [-0.2, -0.15) is 0 Å². The number of amides is 1. The van der Waals surface area contributed by atoms with Crippen LogP contribution in [0.25, 0.3) is 11.3 Å². The summed E-state index contributed by atoms with van der Waals surface area (Å²) in [7, 11) is 1.62. The van der Waals surface area contributed by atoms with E-state index in [4.69, 9.17) is 21.1 Å². The van der Waals surface area contributed by atoms with Crippen LogP contribution in [0, 0.1) is 6.92 Å². The molecular weight excluding hydrogens is 372 g/mol. The smallest absolute Gasteiger partial charge is 0.264 e. The number of nitrogens with zero attached hydrogens (tertiary/aromatic N) is 1. The van der Waals surface area contributed by atoms with Gasteiger partial charge in [0.15, 0.2) is 11.7 Å². The molecular formula is C19H17ClN2O3S. The van der Waals surface area contributed by atoms with Crippen molar-refractivity contribution in [2.24, 2.45) is 0 Å². The molecule has 0 fully saturated rings. The van der Waals surface area contributed by atoms with E-state index in [1.807, 2.05) is 30.5 Å². The normalized spacial score (nSPS) is 10.4. The summed E-state index contributed by atoms with van der Waals surface area (Å²) >= 11 is 7.34. The second-order valence-corrected chi connectivity index (χ2v) is 6.77. The molecule has 134 valence electrons. The average Bonchev–Trinajstić information content (AvgIpc) is 3.09. The fourth-order valence-electron chi connectivity index (χ4n) is 2.34. The molecule has 0 aliphatic rings. The molecule has 0 radical (unpaired) electrons. The lowest BCUT2D eigenvalue weighted by atomic mass is 10.1. The highest BCUT2D eigenvalue weighted by atomic mass is 35.5. The summed E-state index contributed by atoms with van der Waals surface area (Å²) < 4.78 is 10.8. The van der Waals surface area contributed by atoms with Gasteiger partial charge in [0.1, 0.15) is 11.5 Å². The molecule has 0 bridgehead atoms. The van der Waals surface area contributed by atoms with Crippen LogP contribution in [0.1, 0.15) is 5.56 Å². The number of benzene rings is 2.